The quantitative estimate of drug-likeness (QED) is 0.755. The van der Waals surface area contributed by atoms with Crippen LogP contribution in [0.3, 0.4) is 0 Å². The van der Waals surface area contributed by atoms with Gasteiger partial charge in [-0.3, -0.25) is 4.79 Å². The number of H-pyrrole nitrogens is 1. The zero-order valence-corrected chi connectivity index (χ0v) is 11.6. The van der Waals surface area contributed by atoms with Crippen molar-refractivity contribution in [2.75, 3.05) is 6.54 Å². The van der Waals surface area contributed by atoms with Crippen LogP contribution in [-0.2, 0) is 0 Å². The fourth-order valence-corrected chi connectivity index (χ4v) is 2.48. The maximum absolute atomic E-state index is 13.1. The van der Waals surface area contributed by atoms with Crippen LogP contribution in [0.25, 0.3) is 22.0 Å². The third-order valence-corrected chi connectivity index (χ3v) is 3.40. The monoisotopic (exact) mass is 282 g/mol. The van der Waals surface area contributed by atoms with Crippen LogP contribution in [0.15, 0.2) is 48.5 Å². The average molecular weight is 282 g/mol. The van der Waals surface area contributed by atoms with Crippen LogP contribution in [0.5, 0.6) is 0 Å². The highest BCUT2D eigenvalue weighted by Crippen LogP contribution is 2.32. The minimum atomic E-state index is -0.293. The molecule has 0 aliphatic carbocycles. The number of hydrogen-bond acceptors (Lipinski definition) is 1. The molecule has 2 N–H and O–H groups in total. The van der Waals surface area contributed by atoms with Gasteiger partial charge in [0.2, 0.25) is 0 Å². The summed E-state index contributed by atoms with van der Waals surface area (Å²) in [4.78, 5) is 15.4. The second-order valence-corrected chi connectivity index (χ2v) is 4.79. The Balaban J connectivity index is 2.24. The number of carbonyl (C=O) groups is 1. The van der Waals surface area contributed by atoms with E-state index in [1.807, 2.05) is 31.2 Å². The van der Waals surface area contributed by atoms with Crippen molar-refractivity contribution >= 4 is 16.8 Å². The van der Waals surface area contributed by atoms with Crippen LogP contribution in [0.2, 0.25) is 0 Å². The summed E-state index contributed by atoms with van der Waals surface area (Å²) in [6.45, 7) is 2.43. The molecule has 0 fully saturated rings. The Morgan fingerprint density at radius 1 is 1.14 bits per heavy atom. The van der Waals surface area contributed by atoms with Crippen molar-refractivity contribution in [3.8, 4) is 11.1 Å². The number of aromatic nitrogens is 1. The molecule has 0 aliphatic heterocycles. The molecule has 0 radical (unpaired) electrons. The Labute approximate surface area is 121 Å². The molecular weight excluding hydrogens is 267 g/mol. The molecule has 0 aliphatic rings. The summed E-state index contributed by atoms with van der Waals surface area (Å²) in [6, 6.07) is 13.9. The molecule has 3 nitrogen and oxygen atoms in total. The minimum Gasteiger partial charge on any atom is -0.351 e. The number of para-hydroxylation sites is 1. The van der Waals surface area contributed by atoms with Gasteiger partial charge in [0.1, 0.15) is 11.5 Å². The fraction of sp³-hybridized carbons (Fsp3) is 0.118. The lowest BCUT2D eigenvalue weighted by Gasteiger charge is -2.05. The lowest BCUT2D eigenvalue weighted by Crippen LogP contribution is -2.23. The van der Waals surface area contributed by atoms with Gasteiger partial charge >= 0.3 is 0 Å². The Bertz CT molecular complexity index is 790. The van der Waals surface area contributed by atoms with E-state index in [1.54, 1.807) is 12.1 Å². The zero-order valence-electron chi connectivity index (χ0n) is 11.6. The van der Waals surface area contributed by atoms with Gasteiger partial charge in [0.25, 0.3) is 5.91 Å². The molecule has 2 aromatic carbocycles. The van der Waals surface area contributed by atoms with Gasteiger partial charge in [-0.05, 0) is 30.7 Å². The summed E-state index contributed by atoms with van der Waals surface area (Å²) in [5.74, 6) is -0.453. The molecule has 1 aromatic heterocycles. The van der Waals surface area contributed by atoms with E-state index in [0.29, 0.717) is 12.2 Å². The van der Waals surface area contributed by atoms with Gasteiger partial charge in [-0.1, -0.05) is 30.3 Å². The topological polar surface area (TPSA) is 44.9 Å². The predicted molar refractivity (Wildman–Crippen MR) is 81.7 cm³/mol. The molecule has 4 heteroatoms. The molecule has 0 atom stereocenters. The second kappa shape index (κ2) is 5.40. The van der Waals surface area contributed by atoms with E-state index < -0.39 is 0 Å². The molecule has 21 heavy (non-hydrogen) atoms. The largest absolute Gasteiger partial charge is 0.351 e. The fourth-order valence-electron chi connectivity index (χ4n) is 2.48. The minimum absolute atomic E-state index is 0.159. The summed E-state index contributed by atoms with van der Waals surface area (Å²) in [5, 5.41) is 3.75. The smallest absolute Gasteiger partial charge is 0.268 e. The maximum Gasteiger partial charge on any atom is 0.268 e. The van der Waals surface area contributed by atoms with Gasteiger partial charge in [-0.25, -0.2) is 4.39 Å². The molecule has 3 rings (SSSR count). The van der Waals surface area contributed by atoms with Crippen molar-refractivity contribution < 1.29 is 9.18 Å². The first-order valence-corrected chi connectivity index (χ1v) is 6.85. The SMILES string of the molecule is CCNC(=O)c1[nH]c2ccccc2c1-c1ccc(F)cc1. The first-order valence-electron chi connectivity index (χ1n) is 6.85. The first-order chi connectivity index (χ1) is 10.2. The maximum atomic E-state index is 13.1. The molecule has 0 saturated carbocycles. The highest BCUT2D eigenvalue weighted by Gasteiger charge is 2.18. The third-order valence-electron chi connectivity index (χ3n) is 3.40. The van der Waals surface area contributed by atoms with Crippen LogP contribution in [0, 0.1) is 5.82 Å². The van der Waals surface area contributed by atoms with Crippen molar-refractivity contribution in [2.45, 2.75) is 6.92 Å². The molecule has 106 valence electrons. The van der Waals surface area contributed by atoms with Crippen molar-refractivity contribution in [2.24, 2.45) is 0 Å². The summed E-state index contributed by atoms with van der Waals surface area (Å²) < 4.78 is 13.1. The molecule has 0 spiro atoms. The summed E-state index contributed by atoms with van der Waals surface area (Å²) in [6.07, 6.45) is 0. The highest BCUT2D eigenvalue weighted by molar-refractivity contribution is 6.09. The lowest BCUT2D eigenvalue weighted by atomic mass is 10.0. The lowest BCUT2D eigenvalue weighted by molar-refractivity contribution is 0.0952. The van der Waals surface area contributed by atoms with Gasteiger partial charge in [0.15, 0.2) is 0 Å². The van der Waals surface area contributed by atoms with E-state index in [2.05, 4.69) is 10.3 Å². The normalized spacial score (nSPS) is 10.8. The molecule has 0 bridgehead atoms. The van der Waals surface area contributed by atoms with E-state index >= 15 is 0 Å². The van der Waals surface area contributed by atoms with Crippen LogP contribution in [-0.4, -0.2) is 17.4 Å². The number of amides is 1. The van der Waals surface area contributed by atoms with Crippen molar-refractivity contribution in [1.29, 1.82) is 0 Å². The molecule has 1 amide bonds. The van der Waals surface area contributed by atoms with E-state index in [0.717, 1.165) is 22.0 Å². The van der Waals surface area contributed by atoms with Crippen LogP contribution >= 0.6 is 0 Å². The summed E-state index contributed by atoms with van der Waals surface area (Å²) in [7, 11) is 0. The Morgan fingerprint density at radius 3 is 2.57 bits per heavy atom. The Kier molecular flexibility index (Phi) is 3.44. The third kappa shape index (κ3) is 2.40. The number of fused-ring (bicyclic) bond motifs is 1. The number of nitrogens with one attached hydrogen (secondary N) is 2. The van der Waals surface area contributed by atoms with Crippen LogP contribution in [0.4, 0.5) is 4.39 Å². The standard InChI is InChI=1S/C17H15FN2O/c1-2-19-17(21)16-15(11-7-9-12(18)10-8-11)13-5-3-4-6-14(13)20-16/h3-10,20H,2H2,1H3,(H,19,21). The van der Waals surface area contributed by atoms with E-state index in [9.17, 15) is 9.18 Å². The zero-order chi connectivity index (χ0) is 14.8. The number of benzene rings is 2. The molecule has 0 saturated heterocycles. The van der Waals surface area contributed by atoms with Gasteiger partial charge in [-0.15, -0.1) is 0 Å². The number of rotatable bonds is 3. The molecular formula is C17H15FN2O. The average Bonchev–Trinajstić information content (AvgIpc) is 2.88. The highest BCUT2D eigenvalue weighted by atomic mass is 19.1. The van der Waals surface area contributed by atoms with Crippen molar-refractivity contribution in [1.82, 2.24) is 10.3 Å². The summed E-state index contributed by atoms with van der Waals surface area (Å²) in [5.41, 5.74) is 3.01. The second-order valence-electron chi connectivity index (χ2n) is 4.79. The van der Waals surface area contributed by atoms with Gasteiger partial charge < -0.3 is 10.3 Å². The molecule has 0 unspecified atom stereocenters. The van der Waals surface area contributed by atoms with Gasteiger partial charge in [0.05, 0.1) is 0 Å². The van der Waals surface area contributed by atoms with Crippen molar-refractivity contribution in [3.05, 3.63) is 60.0 Å². The van der Waals surface area contributed by atoms with Crippen molar-refractivity contribution in [3.63, 3.8) is 0 Å². The van der Waals surface area contributed by atoms with Gasteiger partial charge in [-0.2, -0.15) is 0 Å². The number of hydrogen-bond donors (Lipinski definition) is 2. The first kappa shape index (κ1) is 13.4. The van der Waals surface area contributed by atoms with E-state index in [-0.39, 0.29) is 11.7 Å². The van der Waals surface area contributed by atoms with Crippen LogP contribution in [0.1, 0.15) is 17.4 Å². The Hall–Kier alpha value is -2.62. The number of halogens is 1. The summed E-state index contributed by atoms with van der Waals surface area (Å²) >= 11 is 0. The molecule has 3 aromatic rings. The number of carbonyl (C=O) groups excluding carboxylic acids is 1. The molecule has 1 heterocycles. The predicted octanol–water partition coefficient (Wildman–Crippen LogP) is 3.72. The Morgan fingerprint density at radius 2 is 1.86 bits per heavy atom. The van der Waals surface area contributed by atoms with E-state index in [1.165, 1.54) is 12.1 Å². The van der Waals surface area contributed by atoms with E-state index in [4.69, 9.17) is 0 Å². The number of aromatic amines is 1. The van der Waals surface area contributed by atoms with Crippen LogP contribution < -0.4 is 5.32 Å². The van der Waals surface area contributed by atoms with Gasteiger partial charge in [0, 0.05) is 23.0 Å².